The van der Waals surface area contributed by atoms with Crippen LogP contribution in [-0.2, 0) is 0 Å². The Morgan fingerprint density at radius 1 is 0.960 bits per heavy atom. The summed E-state index contributed by atoms with van der Waals surface area (Å²) in [5.41, 5.74) is 1.46. The quantitative estimate of drug-likeness (QED) is 0.593. The molecule has 0 saturated heterocycles. The normalized spacial score (nSPS) is 12.4. The lowest BCUT2D eigenvalue weighted by Gasteiger charge is -2.14. The minimum Gasteiger partial charge on any atom is -0.451 e. The van der Waals surface area contributed by atoms with Crippen LogP contribution in [0.15, 0.2) is 77.2 Å². The van der Waals surface area contributed by atoms with Gasteiger partial charge in [-0.05, 0) is 28.5 Å². The molecule has 0 aliphatic rings. The van der Waals surface area contributed by atoms with Crippen molar-refractivity contribution in [3.8, 4) is 0 Å². The van der Waals surface area contributed by atoms with Crippen LogP contribution >= 0.6 is 0 Å². The molecule has 1 atom stereocenters. The number of hydrogen-bond donors (Lipinski definition) is 2. The Morgan fingerprint density at radius 3 is 2.52 bits per heavy atom. The zero-order valence-corrected chi connectivity index (χ0v) is 13.5. The molecule has 25 heavy (non-hydrogen) atoms. The zero-order chi connectivity index (χ0) is 17.2. The van der Waals surface area contributed by atoms with Gasteiger partial charge in [-0.3, -0.25) is 4.79 Å². The van der Waals surface area contributed by atoms with Crippen LogP contribution in [0, 0.1) is 0 Å². The molecule has 1 aromatic heterocycles. The summed E-state index contributed by atoms with van der Waals surface area (Å²) in [5.74, 6) is -0.0955. The number of para-hydroxylation sites is 1. The Labute approximate surface area is 144 Å². The van der Waals surface area contributed by atoms with Gasteiger partial charge in [0.2, 0.25) is 0 Å². The van der Waals surface area contributed by atoms with Gasteiger partial charge in [0, 0.05) is 11.9 Å². The molecule has 0 aliphatic heterocycles. The average molecular weight is 331 g/mol. The molecule has 0 bridgehead atoms. The van der Waals surface area contributed by atoms with Gasteiger partial charge in [-0.15, -0.1) is 0 Å². The summed E-state index contributed by atoms with van der Waals surface area (Å²) in [4.78, 5) is 12.3. The number of amides is 1. The lowest BCUT2D eigenvalue weighted by atomic mass is 10.0. The zero-order valence-electron chi connectivity index (χ0n) is 13.5. The van der Waals surface area contributed by atoms with E-state index in [2.05, 4.69) is 5.32 Å². The van der Waals surface area contributed by atoms with E-state index in [1.807, 2.05) is 66.7 Å². The molecule has 0 fully saturated rings. The SMILES string of the molecule is O=C(NC[C@@H](O)c1cccc2ccccc12)c1cc2ccccc2o1. The second kappa shape index (κ2) is 6.42. The first-order valence-corrected chi connectivity index (χ1v) is 8.15. The molecule has 0 radical (unpaired) electrons. The molecule has 4 rings (SSSR count). The summed E-state index contributed by atoms with van der Waals surface area (Å²) in [5, 5.41) is 16.2. The molecule has 3 aromatic carbocycles. The van der Waals surface area contributed by atoms with E-state index in [1.54, 1.807) is 6.07 Å². The summed E-state index contributed by atoms with van der Waals surface area (Å²) in [6.45, 7) is 0.115. The fourth-order valence-electron chi connectivity index (χ4n) is 3.02. The first kappa shape index (κ1) is 15.4. The van der Waals surface area contributed by atoms with Crippen LogP contribution in [0.5, 0.6) is 0 Å². The number of aliphatic hydroxyl groups is 1. The van der Waals surface area contributed by atoms with E-state index in [1.165, 1.54) is 0 Å². The minimum absolute atomic E-state index is 0.115. The summed E-state index contributed by atoms with van der Waals surface area (Å²) in [6.07, 6.45) is -0.792. The molecule has 4 heteroatoms. The summed E-state index contributed by atoms with van der Waals surface area (Å²) in [6, 6.07) is 22.8. The van der Waals surface area contributed by atoms with E-state index in [-0.39, 0.29) is 18.2 Å². The summed E-state index contributed by atoms with van der Waals surface area (Å²) >= 11 is 0. The van der Waals surface area contributed by atoms with Gasteiger partial charge in [-0.25, -0.2) is 0 Å². The van der Waals surface area contributed by atoms with Crippen LogP contribution < -0.4 is 5.32 Å². The number of fused-ring (bicyclic) bond motifs is 2. The smallest absolute Gasteiger partial charge is 0.287 e. The Kier molecular flexibility index (Phi) is 3.96. The number of furan rings is 1. The molecule has 0 saturated carbocycles. The third-order valence-corrected chi connectivity index (χ3v) is 4.29. The number of hydrogen-bond acceptors (Lipinski definition) is 3. The third kappa shape index (κ3) is 2.99. The second-order valence-electron chi connectivity index (χ2n) is 5.94. The van der Waals surface area contributed by atoms with E-state index < -0.39 is 6.10 Å². The van der Waals surface area contributed by atoms with Crippen molar-refractivity contribution in [1.29, 1.82) is 0 Å². The monoisotopic (exact) mass is 331 g/mol. The Bertz CT molecular complexity index is 1010. The number of rotatable bonds is 4. The molecule has 0 aliphatic carbocycles. The Balaban J connectivity index is 1.51. The van der Waals surface area contributed by atoms with Gasteiger partial charge in [0.05, 0.1) is 6.10 Å². The van der Waals surface area contributed by atoms with Crippen molar-refractivity contribution in [2.45, 2.75) is 6.10 Å². The molecule has 124 valence electrons. The van der Waals surface area contributed by atoms with Gasteiger partial charge in [0.1, 0.15) is 5.58 Å². The largest absolute Gasteiger partial charge is 0.451 e. The number of aliphatic hydroxyl groups excluding tert-OH is 1. The molecule has 4 nitrogen and oxygen atoms in total. The van der Waals surface area contributed by atoms with E-state index in [9.17, 15) is 9.90 Å². The van der Waals surface area contributed by atoms with Crippen LogP contribution in [0.4, 0.5) is 0 Å². The number of benzene rings is 3. The van der Waals surface area contributed by atoms with Crippen LogP contribution in [-0.4, -0.2) is 17.6 Å². The van der Waals surface area contributed by atoms with Gasteiger partial charge in [-0.2, -0.15) is 0 Å². The van der Waals surface area contributed by atoms with Gasteiger partial charge in [0.25, 0.3) is 5.91 Å². The highest BCUT2D eigenvalue weighted by Crippen LogP contribution is 2.24. The van der Waals surface area contributed by atoms with Crippen molar-refractivity contribution < 1.29 is 14.3 Å². The molecule has 4 aromatic rings. The maximum absolute atomic E-state index is 12.3. The van der Waals surface area contributed by atoms with Gasteiger partial charge in [-0.1, -0.05) is 60.7 Å². The van der Waals surface area contributed by atoms with Crippen LogP contribution in [0.1, 0.15) is 22.2 Å². The molecular weight excluding hydrogens is 314 g/mol. The maximum atomic E-state index is 12.3. The molecular formula is C21H17NO3. The highest BCUT2D eigenvalue weighted by Gasteiger charge is 2.15. The Morgan fingerprint density at radius 2 is 1.68 bits per heavy atom. The van der Waals surface area contributed by atoms with Gasteiger partial charge in [0.15, 0.2) is 5.76 Å². The molecule has 2 N–H and O–H groups in total. The molecule has 1 heterocycles. The number of nitrogens with one attached hydrogen (secondary N) is 1. The fraction of sp³-hybridized carbons (Fsp3) is 0.0952. The summed E-state index contributed by atoms with van der Waals surface area (Å²) < 4.78 is 5.54. The fourth-order valence-corrected chi connectivity index (χ4v) is 3.02. The average Bonchev–Trinajstić information content (AvgIpc) is 3.09. The first-order chi connectivity index (χ1) is 12.2. The van der Waals surface area contributed by atoms with E-state index in [0.717, 1.165) is 21.7 Å². The van der Waals surface area contributed by atoms with Gasteiger partial charge < -0.3 is 14.8 Å². The van der Waals surface area contributed by atoms with Crippen LogP contribution in [0.2, 0.25) is 0 Å². The van der Waals surface area contributed by atoms with Crippen molar-refractivity contribution in [1.82, 2.24) is 5.32 Å². The first-order valence-electron chi connectivity index (χ1n) is 8.15. The highest BCUT2D eigenvalue weighted by molar-refractivity contribution is 5.96. The lowest BCUT2D eigenvalue weighted by Crippen LogP contribution is -2.28. The van der Waals surface area contributed by atoms with Crippen molar-refractivity contribution >= 4 is 27.6 Å². The predicted molar refractivity (Wildman–Crippen MR) is 97.5 cm³/mol. The lowest BCUT2D eigenvalue weighted by molar-refractivity contribution is 0.0892. The predicted octanol–water partition coefficient (Wildman–Crippen LogP) is 4.05. The maximum Gasteiger partial charge on any atom is 0.287 e. The molecule has 0 spiro atoms. The Hall–Kier alpha value is -3.11. The third-order valence-electron chi connectivity index (χ3n) is 4.29. The van der Waals surface area contributed by atoms with Crippen molar-refractivity contribution in [2.75, 3.05) is 6.54 Å². The van der Waals surface area contributed by atoms with Crippen molar-refractivity contribution in [3.63, 3.8) is 0 Å². The minimum atomic E-state index is -0.792. The molecule has 1 amide bonds. The van der Waals surface area contributed by atoms with E-state index in [4.69, 9.17) is 4.42 Å². The standard InChI is InChI=1S/C21H17NO3/c23-18(17-10-5-8-14-6-1-3-9-16(14)17)13-22-21(24)20-12-15-7-2-4-11-19(15)25-20/h1-12,18,23H,13H2,(H,22,24)/t18-/m1/s1. The van der Waals surface area contributed by atoms with Crippen molar-refractivity contribution in [3.05, 3.63) is 84.1 Å². The van der Waals surface area contributed by atoms with Crippen molar-refractivity contribution in [2.24, 2.45) is 0 Å². The van der Waals surface area contributed by atoms with Crippen LogP contribution in [0.25, 0.3) is 21.7 Å². The molecule has 0 unspecified atom stereocenters. The van der Waals surface area contributed by atoms with Gasteiger partial charge >= 0.3 is 0 Å². The second-order valence-corrected chi connectivity index (χ2v) is 5.94. The highest BCUT2D eigenvalue weighted by atomic mass is 16.3. The number of carbonyl (C=O) groups excluding carboxylic acids is 1. The van der Waals surface area contributed by atoms with E-state index in [0.29, 0.717) is 5.58 Å². The number of carbonyl (C=O) groups is 1. The van der Waals surface area contributed by atoms with Crippen LogP contribution in [0.3, 0.4) is 0 Å². The van der Waals surface area contributed by atoms with E-state index >= 15 is 0 Å². The topological polar surface area (TPSA) is 62.5 Å². The summed E-state index contributed by atoms with van der Waals surface area (Å²) in [7, 11) is 0.